The molecular weight excluding hydrogens is 248 g/mol. The number of hydrogen-bond donors (Lipinski definition) is 0. The fraction of sp³-hybridized carbons (Fsp3) is 0.353. The third kappa shape index (κ3) is 1.94. The summed E-state index contributed by atoms with van der Waals surface area (Å²) in [4.78, 5) is 5.68. The lowest BCUT2D eigenvalue weighted by atomic mass is 9.98. The molecule has 1 aliphatic heterocycles. The van der Waals surface area contributed by atoms with Crippen molar-refractivity contribution >= 4 is 5.71 Å². The SMILES string of the molecule is c1ccc(C2=NO[C@H](n3ccc4c3CCCC4)C2)cc1. The number of aromatic nitrogens is 1. The minimum absolute atomic E-state index is 0.0343. The van der Waals surface area contributed by atoms with Crippen LogP contribution in [0.3, 0.4) is 0 Å². The zero-order chi connectivity index (χ0) is 13.4. The van der Waals surface area contributed by atoms with Crippen LogP contribution < -0.4 is 0 Å². The van der Waals surface area contributed by atoms with Gasteiger partial charge in [0, 0.05) is 11.9 Å². The van der Waals surface area contributed by atoms with Crippen LogP contribution in [0.25, 0.3) is 0 Å². The standard InChI is InChI=1S/C17H18N2O/c1-2-6-13(7-3-1)15-12-17(20-18-15)19-11-10-14-8-4-5-9-16(14)19/h1-3,6-7,10-11,17H,4-5,8-9,12H2/t17-/m0/s1. The van der Waals surface area contributed by atoms with Gasteiger partial charge in [0.05, 0.1) is 12.1 Å². The maximum Gasteiger partial charge on any atom is 0.209 e. The molecule has 0 N–H and O–H groups in total. The first-order chi connectivity index (χ1) is 9.92. The lowest BCUT2D eigenvalue weighted by Gasteiger charge is -2.18. The van der Waals surface area contributed by atoms with Crippen molar-refractivity contribution < 1.29 is 4.84 Å². The first kappa shape index (κ1) is 11.8. The van der Waals surface area contributed by atoms with Gasteiger partial charge < -0.3 is 9.40 Å². The zero-order valence-electron chi connectivity index (χ0n) is 11.5. The Hall–Kier alpha value is -2.03. The Kier molecular flexibility index (Phi) is 2.84. The van der Waals surface area contributed by atoms with E-state index in [0.717, 1.165) is 17.7 Å². The second-order valence-corrected chi connectivity index (χ2v) is 5.57. The van der Waals surface area contributed by atoms with Crippen LogP contribution in [0.2, 0.25) is 0 Å². The Morgan fingerprint density at radius 2 is 1.90 bits per heavy atom. The van der Waals surface area contributed by atoms with Crippen LogP contribution in [0, 0.1) is 0 Å². The van der Waals surface area contributed by atoms with Gasteiger partial charge in [0.15, 0.2) is 0 Å². The highest BCUT2D eigenvalue weighted by atomic mass is 16.7. The second-order valence-electron chi connectivity index (χ2n) is 5.57. The molecule has 102 valence electrons. The summed E-state index contributed by atoms with van der Waals surface area (Å²) in [6, 6.07) is 12.6. The molecule has 1 atom stereocenters. The van der Waals surface area contributed by atoms with Gasteiger partial charge in [0.2, 0.25) is 6.23 Å². The van der Waals surface area contributed by atoms with E-state index in [0.29, 0.717) is 0 Å². The summed E-state index contributed by atoms with van der Waals surface area (Å²) in [5.41, 5.74) is 5.16. The molecule has 0 fully saturated rings. The van der Waals surface area contributed by atoms with Gasteiger partial charge in [-0.2, -0.15) is 0 Å². The molecule has 1 aromatic carbocycles. The maximum atomic E-state index is 5.68. The van der Waals surface area contributed by atoms with Crippen molar-refractivity contribution in [3.63, 3.8) is 0 Å². The Balaban J connectivity index is 1.57. The number of oxime groups is 1. The lowest BCUT2D eigenvalue weighted by molar-refractivity contribution is 0.0303. The molecule has 0 saturated heterocycles. The smallest absolute Gasteiger partial charge is 0.209 e. The average molecular weight is 266 g/mol. The van der Waals surface area contributed by atoms with E-state index < -0.39 is 0 Å². The van der Waals surface area contributed by atoms with Gasteiger partial charge in [0.25, 0.3) is 0 Å². The number of nitrogens with zero attached hydrogens (tertiary/aromatic N) is 2. The van der Waals surface area contributed by atoms with Gasteiger partial charge in [-0.15, -0.1) is 0 Å². The van der Waals surface area contributed by atoms with Crippen molar-refractivity contribution in [2.45, 2.75) is 38.3 Å². The molecule has 1 aromatic heterocycles. The van der Waals surface area contributed by atoms with E-state index in [1.807, 2.05) is 18.2 Å². The Labute approximate surface area is 118 Å². The molecule has 0 radical (unpaired) electrons. The van der Waals surface area contributed by atoms with Crippen molar-refractivity contribution in [2.24, 2.45) is 5.16 Å². The van der Waals surface area contributed by atoms with E-state index in [4.69, 9.17) is 4.84 Å². The lowest BCUT2D eigenvalue weighted by Crippen LogP contribution is -2.14. The van der Waals surface area contributed by atoms with Crippen LogP contribution in [0.5, 0.6) is 0 Å². The summed E-state index contributed by atoms with van der Waals surface area (Å²) in [5, 5.41) is 4.29. The van der Waals surface area contributed by atoms with Crippen molar-refractivity contribution in [1.29, 1.82) is 0 Å². The van der Waals surface area contributed by atoms with E-state index in [9.17, 15) is 0 Å². The Morgan fingerprint density at radius 1 is 1.05 bits per heavy atom. The normalized spacial score (nSPS) is 21.2. The minimum atomic E-state index is 0.0343. The number of hydrogen-bond acceptors (Lipinski definition) is 2. The van der Waals surface area contributed by atoms with Gasteiger partial charge in [-0.05, 0) is 42.9 Å². The highest BCUT2D eigenvalue weighted by Gasteiger charge is 2.26. The predicted molar refractivity (Wildman–Crippen MR) is 78.8 cm³/mol. The molecule has 3 nitrogen and oxygen atoms in total. The topological polar surface area (TPSA) is 26.5 Å². The van der Waals surface area contributed by atoms with Crippen LogP contribution in [-0.4, -0.2) is 10.3 Å². The first-order valence-electron chi connectivity index (χ1n) is 7.38. The number of benzene rings is 1. The number of aryl methyl sites for hydroxylation is 1. The predicted octanol–water partition coefficient (Wildman–Crippen LogP) is 3.69. The van der Waals surface area contributed by atoms with Crippen molar-refractivity contribution in [3.8, 4) is 0 Å². The largest absolute Gasteiger partial charge is 0.370 e. The molecule has 2 aromatic rings. The fourth-order valence-electron chi connectivity index (χ4n) is 3.23. The van der Waals surface area contributed by atoms with E-state index >= 15 is 0 Å². The van der Waals surface area contributed by atoms with Crippen LogP contribution in [0.15, 0.2) is 47.8 Å². The molecule has 0 spiro atoms. The summed E-state index contributed by atoms with van der Waals surface area (Å²) in [6.45, 7) is 0. The molecule has 20 heavy (non-hydrogen) atoms. The van der Waals surface area contributed by atoms with Gasteiger partial charge in [0.1, 0.15) is 0 Å². The maximum absolute atomic E-state index is 5.68. The highest BCUT2D eigenvalue weighted by Crippen LogP contribution is 2.30. The van der Waals surface area contributed by atoms with Crippen molar-refractivity contribution in [3.05, 3.63) is 59.4 Å². The molecule has 0 amide bonds. The van der Waals surface area contributed by atoms with E-state index in [2.05, 4.69) is 34.1 Å². The summed E-state index contributed by atoms with van der Waals surface area (Å²) < 4.78 is 2.29. The Morgan fingerprint density at radius 3 is 2.80 bits per heavy atom. The van der Waals surface area contributed by atoms with Gasteiger partial charge >= 0.3 is 0 Å². The summed E-state index contributed by atoms with van der Waals surface area (Å²) >= 11 is 0. The van der Waals surface area contributed by atoms with Gasteiger partial charge in [-0.3, -0.25) is 0 Å². The third-order valence-corrected chi connectivity index (χ3v) is 4.30. The van der Waals surface area contributed by atoms with Crippen molar-refractivity contribution in [2.75, 3.05) is 0 Å². The number of rotatable bonds is 2. The van der Waals surface area contributed by atoms with Gasteiger partial charge in [-0.25, -0.2) is 0 Å². The molecule has 2 aliphatic rings. The monoisotopic (exact) mass is 266 g/mol. The number of fused-ring (bicyclic) bond motifs is 1. The van der Waals surface area contributed by atoms with Gasteiger partial charge in [-0.1, -0.05) is 35.5 Å². The fourth-order valence-corrected chi connectivity index (χ4v) is 3.23. The van der Waals surface area contributed by atoms with Crippen LogP contribution in [0.4, 0.5) is 0 Å². The molecule has 2 heterocycles. The average Bonchev–Trinajstić information content (AvgIpc) is 3.14. The van der Waals surface area contributed by atoms with Crippen LogP contribution >= 0.6 is 0 Å². The van der Waals surface area contributed by atoms with E-state index in [-0.39, 0.29) is 6.23 Å². The molecule has 0 unspecified atom stereocenters. The quantitative estimate of drug-likeness (QED) is 0.814. The Bertz CT molecular complexity index is 642. The summed E-state index contributed by atoms with van der Waals surface area (Å²) in [7, 11) is 0. The summed E-state index contributed by atoms with van der Waals surface area (Å²) in [6.07, 6.45) is 8.04. The van der Waals surface area contributed by atoms with E-state index in [1.165, 1.54) is 36.9 Å². The molecular formula is C17H18N2O. The minimum Gasteiger partial charge on any atom is -0.370 e. The van der Waals surface area contributed by atoms with Crippen LogP contribution in [-0.2, 0) is 17.7 Å². The first-order valence-corrected chi connectivity index (χ1v) is 7.38. The third-order valence-electron chi connectivity index (χ3n) is 4.30. The molecule has 3 heteroatoms. The zero-order valence-corrected chi connectivity index (χ0v) is 11.5. The van der Waals surface area contributed by atoms with Crippen LogP contribution in [0.1, 0.15) is 42.3 Å². The molecule has 0 bridgehead atoms. The highest BCUT2D eigenvalue weighted by molar-refractivity contribution is 6.01. The van der Waals surface area contributed by atoms with E-state index in [1.54, 1.807) is 0 Å². The molecule has 1 aliphatic carbocycles. The molecule has 4 rings (SSSR count). The van der Waals surface area contributed by atoms with Crippen molar-refractivity contribution in [1.82, 2.24) is 4.57 Å². The second kappa shape index (κ2) is 4.82. The molecule has 0 saturated carbocycles. The summed E-state index contributed by atoms with van der Waals surface area (Å²) in [5.74, 6) is 0.